The highest BCUT2D eigenvalue weighted by molar-refractivity contribution is 9.10. The van der Waals surface area contributed by atoms with Gasteiger partial charge in [0, 0.05) is 0 Å². The van der Waals surface area contributed by atoms with Crippen LogP contribution in [0.2, 0.25) is 0 Å². The van der Waals surface area contributed by atoms with Crippen molar-refractivity contribution >= 4 is 55.7 Å². The van der Waals surface area contributed by atoms with Crippen molar-refractivity contribution in [3.8, 4) is 17.2 Å². The molecule has 0 spiro atoms. The van der Waals surface area contributed by atoms with Crippen LogP contribution in [0.5, 0.6) is 17.2 Å². The first-order valence-electron chi connectivity index (χ1n) is 12.1. The van der Waals surface area contributed by atoms with Gasteiger partial charge in [-0.15, -0.1) is 0 Å². The van der Waals surface area contributed by atoms with E-state index in [0.717, 1.165) is 17.2 Å². The van der Waals surface area contributed by atoms with Crippen LogP contribution in [0.25, 0.3) is 6.08 Å². The summed E-state index contributed by atoms with van der Waals surface area (Å²) in [6, 6.07) is 11.7. The number of fused-ring (bicyclic) bond motifs is 1. The number of amidine groups is 2. The van der Waals surface area contributed by atoms with Crippen LogP contribution in [0.15, 0.2) is 56.5 Å². The van der Waals surface area contributed by atoms with Crippen LogP contribution in [0, 0.1) is 5.41 Å². The van der Waals surface area contributed by atoms with Gasteiger partial charge in [0.05, 0.1) is 17.2 Å². The molecule has 0 radical (unpaired) electrons. The monoisotopic (exact) mass is 584 g/mol. The number of amides is 1. The summed E-state index contributed by atoms with van der Waals surface area (Å²) in [7, 11) is 1.55. The van der Waals surface area contributed by atoms with Crippen molar-refractivity contribution in [1.29, 1.82) is 5.41 Å². The van der Waals surface area contributed by atoms with E-state index in [1.54, 1.807) is 25.3 Å². The first kappa shape index (κ1) is 26.9. The lowest BCUT2D eigenvalue weighted by Crippen LogP contribution is -2.35. The Morgan fingerprint density at radius 3 is 2.57 bits per heavy atom. The molecular formula is C27H29BrN4O4S. The Labute approximate surface area is 229 Å². The fourth-order valence-electron chi connectivity index (χ4n) is 3.74. The average Bonchev–Trinajstić information content (AvgIpc) is 3.32. The lowest BCUT2D eigenvalue weighted by Gasteiger charge is -2.20. The Kier molecular flexibility index (Phi) is 8.71. The Balaban J connectivity index is 1.43. The molecule has 4 rings (SSSR count). The number of hydrazone groups is 1. The summed E-state index contributed by atoms with van der Waals surface area (Å²) >= 11 is 4.86. The van der Waals surface area contributed by atoms with Crippen molar-refractivity contribution in [2.45, 2.75) is 39.5 Å². The number of hydrogen-bond donors (Lipinski definition) is 1. The molecule has 1 N–H and O–H groups in total. The summed E-state index contributed by atoms with van der Waals surface area (Å²) in [6.07, 6.45) is 3.42. The van der Waals surface area contributed by atoms with Crippen molar-refractivity contribution < 1.29 is 19.0 Å². The van der Waals surface area contributed by atoms with E-state index in [9.17, 15) is 4.79 Å². The predicted octanol–water partition coefficient (Wildman–Crippen LogP) is 6.46. The molecular weight excluding hydrogens is 556 g/mol. The van der Waals surface area contributed by atoms with Crippen LogP contribution in [0.1, 0.15) is 50.7 Å². The Bertz CT molecular complexity index is 1290. The summed E-state index contributed by atoms with van der Waals surface area (Å²) in [5, 5.41) is 15.5. The molecule has 194 valence electrons. The van der Waals surface area contributed by atoms with Crippen molar-refractivity contribution in [2.75, 3.05) is 20.3 Å². The number of ether oxygens (including phenoxy) is 3. The Hall–Kier alpha value is -3.11. The van der Waals surface area contributed by atoms with Gasteiger partial charge in [0.2, 0.25) is 5.17 Å². The third kappa shape index (κ3) is 6.07. The number of aliphatic imine (C=N–C) groups is 1. The van der Waals surface area contributed by atoms with E-state index in [4.69, 9.17) is 19.6 Å². The molecule has 1 atom stereocenters. The Morgan fingerprint density at radius 1 is 1.16 bits per heavy atom. The van der Waals surface area contributed by atoms with Gasteiger partial charge in [-0.3, -0.25) is 10.2 Å². The zero-order valence-corrected chi connectivity index (χ0v) is 23.6. The second-order valence-electron chi connectivity index (χ2n) is 8.48. The molecule has 37 heavy (non-hydrogen) atoms. The van der Waals surface area contributed by atoms with E-state index in [2.05, 4.69) is 52.0 Å². The Morgan fingerprint density at radius 2 is 1.89 bits per heavy atom. The number of nitrogens with one attached hydrogen (secondary N) is 1. The quantitative estimate of drug-likeness (QED) is 0.254. The minimum Gasteiger partial charge on any atom is -0.493 e. The highest BCUT2D eigenvalue weighted by atomic mass is 79.9. The fraction of sp³-hybridized carbons (Fsp3) is 0.333. The number of carbonyl (C=O) groups excluding carboxylic acids is 1. The van der Waals surface area contributed by atoms with E-state index < -0.39 is 5.91 Å². The molecule has 0 bridgehead atoms. The SMILES string of the molecule is CCC1=NN2C(=N)/C(=C\c3cc(Br)c(OCCOc4ccc([C@H](C)CC)cc4)c(OC)c3)C(=O)N=C2S1. The summed E-state index contributed by atoms with van der Waals surface area (Å²) < 4.78 is 18.0. The van der Waals surface area contributed by atoms with Crippen LogP contribution < -0.4 is 14.2 Å². The van der Waals surface area contributed by atoms with E-state index in [0.29, 0.717) is 52.3 Å². The van der Waals surface area contributed by atoms with Crippen molar-refractivity contribution in [2.24, 2.45) is 10.1 Å². The number of rotatable bonds is 10. The van der Waals surface area contributed by atoms with Crippen LogP contribution in [0.3, 0.4) is 0 Å². The molecule has 2 aliphatic rings. The highest BCUT2D eigenvalue weighted by Gasteiger charge is 2.35. The van der Waals surface area contributed by atoms with Gasteiger partial charge in [-0.25, -0.2) is 0 Å². The molecule has 0 fully saturated rings. The largest absolute Gasteiger partial charge is 0.493 e. The number of nitrogens with zero attached hydrogens (tertiary/aromatic N) is 3. The van der Waals surface area contributed by atoms with Gasteiger partial charge in [0.1, 0.15) is 24.0 Å². The van der Waals surface area contributed by atoms with Gasteiger partial charge in [-0.2, -0.15) is 15.1 Å². The maximum atomic E-state index is 12.6. The zero-order chi connectivity index (χ0) is 26.5. The molecule has 0 unspecified atom stereocenters. The summed E-state index contributed by atoms with van der Waals surface area (Å²) in [5.74, 6) is 1.85. The minimum atomic E-state index is -0.471. The summed E-state index contributed by atoms with van der Waals surface area (Å²) in [5.41, 5.74) is 2.11. The standard InChI is InChI=1S/C27H29BrN4O4S/c1-5-16(3)18-7-9-19(10-8-18)35-11-12-36-24-21(28)14-17(15-22(24)34-4)13-20-25(29)32-27(30-26(20)33)37-23(6-2)31-32/h7-10,13-16,29H,5-6,11-12H2,1-4H3/b20-13+,29-25?/t16-/m1/s1. The van der Waals surface area contributed by atoms with Gasteiger partial charge < -0.3 is 14.2 Å². The van der Waals surface area contributed by atoms with Gasteiger partial charge in [-0.1, -0.05) is 32.9 Å². The van der Waals surface area contributed by atoms with Crippen LogP contribution in [-0.2, 0) is 4.79 Å². The molecule has 0 saturated carbocycles. The second-order valence-corrected chi connectivity index (χ2v) is 10.4. The zero-order valence-electron chi connectivity index (χ0n) is 21.2. The number of halogens is 1. The lowest BCUT2D eigenvalue weighted by atomic mass is 9.99. The molecule has 0 aromatic heterocycles. The maximum Gasteiger partial charge on any atom is 0.283 e. The van der Waals surface area contributed by atoms with E-state index >= 15 is 0 Å². The second kappa shape index (κ2) is 12.0. The molecule has 1 amide bonds. The van der Waals surface area contributed by atoms with E-state index in [1.165, 1.54) is 22.3 Å². The first-order valence-corrected chi connectivity index (χ1v) is 13.7. The third-order valence-electron chi connectivity index (χ3n) is 6.02. The minimum absolute atomic E-state index is 0.00398. The van der Waals surface area contributed by atoms with Crippen molar-refractivity contribution in [1.82, 2.24) is 5.01 Å². The summed E-state index contributed by atoms with van der Waals surface area (Å²) in [4.78, 5) is 16.7. The van der Waals surface area contributed by atoms with E-state index in [1.807, 2.05) is 19.1 Å². The van der Waals surface area contributed by atoms with Crippen molar-refractivity contribution in [3.63, 3.8) is 0 Å². The number of thioether (sulfide) groups is 1. The van der Waals surface area contributed by atoms with E-state index in [-0.39, 0.29) is 11.4 Å². The molecule has 0 aliphatic carbocycles. The topological polar surface area (TPSA) is 96.6 Å². The lowest BCUT2D eigenvalue weighted by molar-refractivity contribution is -0.114. The third-order valence-corrected chi connectivity index (χ3v) is 7.66. The number of benzene rings is 2. The maximum absolute atomic E-state index is 12.6. The van der Waals surface area contributed by atoms with Crippen LogP contribution in [0.4, 0.5) is 0 Å². The fourth-order valence-corrected chi connectivity index (χ4v) is 5.13. The first-order chi connectivity index (χ1) is 17.8. The highest BCUT2D eigenvalue weighted by Crippen LogP contribution is 2.38. The predicted molar refractivity (Wildman–Crippen MR) is 152 cm³/mol. The number of hydrogen-bond acceptors (Lipinski definition) is 7. The normalized spacial score (nSPS) is 16.9. The molecule has 8 nitrogen and oxygen atoms in total. The smallest absolute Gasteiger partial charge is 0.283 e. The molecule has 10 heteroatoms. The van der Waals surface area contributed by atoms with Gasteiger partial charge in [0.25, 0.3) is 5.91 Å². The van der Waals surface area contributed by atoms with Gasteiger partial charge in [0.15, 0.2) is 17.3 Å². The van der Waals surface area contributed by atoms with Crippen molar-refractivity contribution in [3.05, 3.63) is 57.6 Å². The number of methoxy groups -OCH3 is 1. The number of carbonyl (C=O) groups is 1. The molecule has 2 aromatic carbocycles. The molecule has 0 saturated heterocycles. The molecule has 2 heterocycles. The van der Waals surface area contributed by atoms with Gasteiger partial charge >= 0.3 is 0 Å². The van der Waals surface area contributed by atoms with Crippen LogP contribution >= 0.6 is 27.7 Å². The molecule has 2 aromatic rings. The van der Waals surface area contributed by atoms with Gasteiger partial charge in [-0.05, 0) is 87.9 Å². The molecule has 2 aliphatic heterocycles. The van der Waals surface area contributed by atoms with Crippen LogP contribution in [-0.4, -0.2) is 47.3 Å². The average molecular weight is 586 g/mol. The summed E-state index contributed by atoms with van der Waals surface area (Å²) in [6.45, 7) is 7.03.